The van der Waals surface area contributed by atoms with Gasteiger partial charge in [0.15, 0.2) is 0 Å². The van der Waals surface area contributed by atoms with Crippen molar-refractivity contribution in [3.8, 4) is 0 Å². The van der Waals surface area contributed by atoms with Crippen molar-refractivity contribution in [2.75, 3.05) is 25.0 Å². The minimum atomic E-state index is -0.280. The van der Waals surface area contributed by atoms with E-state index in [0.29, 0.717) is 19.7 Å². The monoisotopic (exact) mass is 313 g/mol. The number of amides is 2. The molecule has 1 aliphatic rings. The summed E-state index contributed by atoms with van der Waals surface area (Å²) in [6.07, 6.45) is 1.51. The van der Waals surface area contributed by atoms with E-state index in [4.69, 9.17) is 4.74 Å². The van der Waals surface area contributed by atoms with Crippen molar-refractivity contribution in [1.29, 1.82) is 0 Å². The van der Waals surface area contributed by atoms with Crippen LogP contribution in [0.3, 0.4) is 0 Å². The highest BCUT2D eigenvalue weighted by Crippen LogP contribution is 2.22. The van der Waals surface area contributed by atoms with Crippen LogP contribution in [0.15, 0.2) is 53.5 Å². The van der Waals surface area contributed by atoms with Gasteiger partial charge in [0, 0.05) is 19.8 Å². The van der Waals surface area contributed by atoms with Gasteiger partial charge in [0.1, 0.15) is 11.8 Å². The second-order valence-electron chi connectivity index (χ2n) is 5.48. The zero-order valence-electron chi connectivity index (χ0n) is 12.9. The smallest absolute Gasteiger partial charge is 0.322 e. The molecule has 23 heavy (non-hydrogen) atoms. The normalized spacial score (nSPS) is 17.8. The highest BCUT2D eigenvalue weighted by atomic mass is 16.5. The molecule has 0 spiro atoms. The van der Waals surface area contributed by atoms with Crippen molar-refractivity contribution in [3.63, 3.8) is 0 Å². The molecule has 2 aromatic rings. The lowest BCUT2D eigenvalue weighted by Crippen LogP contribution is -2.45. The molecule has 6 nitrogen and oxygen atoms in total. The minimum absolute atomic E-state index is 0.144. The van der Waals surface area contributed by atoms with Crippen LogP contribution in [0.25, 0.3) is 0 Å². The van der Waals surface area contributed by atoms with Gasteiger partial charge in [-0.1, -0.05) is 30.3 Å². The molecule has 1 aromatic heterocycles. The second-order valence-corrected chi connectivity index (χ2v) is 5.48. The third-order valence-electron chi connectivity index (χ3n) is 3.89. The first-order valence-electron chi connectivity index (χ1n) is 7.53. The van der Waals surface area contributed by atoms with Gasteiger partial charge in [-0.15, -0.1) is 0 Å². The molecule has 1 atom stereocenters. The molecule has 1 fully saturated rings. The largest absolute Gasteiger partial charge is 0.370 e. The van der Waals surface area contributed by atoms with Crippen molar-refractivity contribution in [2.24, 2.45) is 7.05 Å². The summed E-state index contributed by atoms with van der Waals surface area (Å²) in [5.41, 5.74) is 1.09. The van der Waals surface area contributed by atoms with Crippen LogP contribution in [0.4, 0.5) is 10.5 Å². The van der Waals surface area contributed by atoms with Gasteiger partial charge in [-0.2, -0.15) is 0 Å². The molecule has 1 aliphatic heterocycles. The average Bonchev–Trinajstić information content (AvgIpc) is 2.60. The van der Waals surface area contributed by atoms with Gasteiger partial charge >= 0.3 is 6.03 Å². The number of hydrogen-bond donors (Lipinski definition) is 1. The Balaban J connectivity index is 1.70. The van der Waals surface area contributed by atoms with E-state index in [9.17, 15) is 9.59 Å². The molecule has 6 heteroatoms. The van der Waals surface area contributed by atoms with Crippen LogP contribution < -0.4 is 10.9 Å². The Morgan fingerprint density at radius 2 is 2.00 bits per heavy atom. The predicted molar refractivity (Wildman–Crippen MR) is 87.4 cm³/mol. The van der Waals surface area contributed by atoms with Gasteiger partial charge in [0.25, 0.3) is 5.56 Å². The molecule has 1 N–H and O–H groups in total. The maximum absolute atomic E-state index is 12.4. The molecular weight excluding hydrogens is 294 g/mol. The van der Waals surface area contributed by atoms with Crippen molar-refractivity contribution in [3.05, 3.63) is 64.6 Å². The summed E-state index contributed by atoms with van der Waals surface area (Å²) in [5.74, 6) is 0. The number of aromatic nitrogens is 1. The van der Waals surface area contributed by atoms with E-state index >= 15 is 0 Å². The van der Waals surface area contributed by atoms with E-state index < -0.39 is 0 Å². The fourth-order valence-corrected chi connectivity index (χ4v) is 2.59. The van der Waals surface area contributed by atoms with E-state index in [2.05, 4.69) is 5.32 Å². The van der Waals surface area contributed by atoms with Crippen LogP contribution in [0, 0.1) is 0 Å². The summed E-state index contributed by atoms with van der Waals surface area (Å²) in [4.78, 5) is 26.1. The van der Waals surface area contributed by atoms with E-state index in [1.807, 2.05) is 30.3 Å². The Bertz CT molecular complexity index is 742. The number of aryl methyl sites for hydroxylation is 1. The number of pyridine rings is 1. The number of nitrogens with one attached hydrogen (secondary N) is 1. The molecule has 2 heterocycles. The number of hydrogen-bond acceptors (Lipinski definition) is 3. The fraction of sp³-hybridized carbons (Fsp3) is 0.294. The van der Waals surface area contributed by atoms with Gasteiger partial charge in [0.2, 0.25) is 0 Å². The van der Waals surface area contributed by atoms with Gasteiger partial charge in [0.05, 0.1) is 13.2 Å². The van der Waals surface area contributed by atoms with Crippen LogP contribution in [-0.4, -0.2) is 35.2 Å². The van der Waals surface area contributed by atoms with Crippen LogP contribution in [0.5, 0.6) is 0 Å². The van der Waals surface area contributed by atoms with Crippen LogP contribution in [0.1, 0.15) is 11.7 Å². The maximum Gasteiger partial charge on any atom is 0.322 e. The van der Waals surface area contributed by atoms with Crippen molar-refractivity contribution in [2.45, 2.75) is 6.10 Å². The minimum Gasteiger partial charge on any atom is -0.370 e. The van der Waals surface area contributed by atoms with E-state index in [1.54, 1.807) is 30.3 Å². The van der Waals surface area contributed by atoms with Crippen LogP contribution in [-0.2, 0) is 11.8 Å². The SMILES string of the molecule is Cn1cccc(NC(=O)N2CCO[C@H](c3ccccc3)C2)c1=O. The molecule has 3 rings (SSSR count). The van der Waals surface area contributed by atoms with E-state index in [1.165, 1.54) is 4.57 Å². The zero-order chi connectivity index (χ0) is 16.2. The third-order valence-corrected chi connectivity index (χ3v) is 3.89. The molecule has 0 bridgehead atoms. The second kappa shape index (κ2) is 6.66. The number of urea groups is 1. The van der Waals surface area contributed by atoms with E-state index in [0.717, 1.165) is 5.56 Å². The first-order valence-corrected chi connectivity index (χ1v) is 7.53. The lowest BCUT2D eigenvalue weighted by atomic mass is 10.1. The molecule has 0 unspecified atom stereocenters. The van der Waals surface area contributed by atoms with Gasteiger partial charge in [-0.3, -0.25) is 4.79 Å². The van der Waals surface area contributed by atoms with Gasteiger partial charge < -0.3 is 19.5 Å². The maximum atomic E-state index is 12.4. The van der Waals surface area contributed by atoms with Gasteiger partial charge in [-0.25, -0.2) is 4.79 Å². The Morgan fingerprint density at radius 1 is 1.22 bits per heavy atom. The Hall–Kier alpha value is -2.60. The summed E-state index contributed by atoms with van der Waals surface area (Å²) in [7, 11) is 1.65. The Morgan fingerprint density at radius 3 is 2.78 bits per heavy atom. The molecule has 1 aromatic carbocycles. The van der Waals surface area contributed by atoms with E-state index in [-0.39, 0.29) is 23.4 Å². The molecular formula is C17H19N3O3. The van der Waals surface area contributed by atoms with Crippen LogP contribution in [0.2, 0.25) is 0 Å². The topological polar surface area (TPSA) is 63.6 Å². The number of morpholine rings is 1. The number of ether oxygens (including phenoxy) is 1. The van der Waals surface area contributed by atoms with Crippen molar-refractivity contribution in [1.82, 2.24) is 9.47 Å². The number of nitrogens with zero attached hydrogens (tertiary/aromatic N) is 2. The number of benzene rings is 1. The summed E-state index contributed by atoms with van der Waals surface area (Å²) in [6, 6.07) is 12.9. The quantitative estimate of drug-likeness (QED) is 0.922. The lowest BCUT2D eigenvalue weighted by Gasteiger charge is -2.33. The Labute approximate surface area is 134 Å². The third kappa shape index (κ3) is 3.43. The Kier molecular flexibility index (Phi) is 4.43. The highest BCUT2D eigenvalue weighted by Gasteiger charge is 2.25. The average molecular weight is 313 g/mol. The summed E-state index contributed by atoms with van der Waals surface area (Å²) < 4.78 is 7.18. The first kappa shape index (κ1) is 15.3. The first-order chi connectivity index (χ1) is 11.1. The predicted octanol–water partition coefficient (Wildman–Crippen LogP) is 1.99. The number of carbonyl (C=O) groups is 1. The summed E-state index contributed by atoms with van der Waals surface area (Å²) in [5, 5.41) is 2.69. The molecule has 120 valence electrons. The molecule has 2 amide bonds. The molecule has 0 saturated carbocycles. The molecule has 0 aliphatic carbocycles. The standard InChI is InChI=1S/C17H19N3O3/c1-19-9-5-8-14(16(19)21)18-17(22)20-10-11-23-15(12-20)13-6-3-2-4-7-13/h2-9,15H,10-12H2,1H3,(H,18,22)/t15-/m0/s1. The van der Waals surface area contributed by atoms with Gasteiger partial charge in [-0.05, 0) is 17.7 Å². The molecule has 1 saturated heterocycles. The zero-order valence-corrected chi connectivity index (χ0v) is 12.9. The van der Waals surface area contributed by atoms with Crippen LogP contribution >= 0.6 is 0 Å². The summed E-state index contributed by atoms with van der Waals surface area (Å²) in [6.45, 7) is 1.44. The summed E-state index contributed by atoms with van der Waals surface area (Å²) >= 11 is 0. The van der Waals surface area contributed by atoms with Crippen molar-refractivity contribution >= 4 is 11.7 Å². The highest BCUT2D eigenvalue weighted by molar-refractivity contribution is 5.89. The number of anilines is 1. The lowest BCUT2D eigenvalue weighted by molar-refractivity contribution is -0.0135. The fourth-order valence-electron chi connectivity index (χ4n) is 2.59. The van der Waals surface area contributed by atoms with Crippen molar-refractivity contribution < 1.29 is 9.53 Å². The molecule has 0 radical (unpaired) electrons. The number of carbonyl (C=O) groups excluding carboxylic acids is 1. The number of rotatable bonds is 2.